The van der Waals surface area contributed by atoms with Crippen molar-refractivity contribution in [1.82, 2.24) is 4.90 Å². The van der Waals surface area contributed by atoms with Crippen LogP contribution in [0.5, 0.6) is 0 Å². The number of primary amides is 1. The van der Waals surface area contributed by atoms with Gasteiger partial charge in [0, 0.05) is 18.6 Å². The second-order valence-corrected chi connectivity index (χ2v) is 6.40. The van der Waals surface area contributed by atoms with Crippen LogP contribution in [0.4, 0.5) is 0 Å². The maximum atomic E-state index is 11.4. The van der Waals surface area contributed by atoms with Crippen LogP contribution in [-0.4, -0.2) is 35.0 Å². The molecule has 0 aromatic rings. The van der Waals surface area contributed by atoms with Crippen molar-refractivity contribution in [2.24, 2.45) is 17.4 Å². The van der Waals surface area contributed by atoms with Crippen molar-refractivity contribution in [3.8, 4) is 0 Å². The van der Waals surface area contributed by atoms with Crippen LogP contribution in [-0.2, 0) is 4.79 Å². The normalized spacial score (nSPS) is 16.9. The zero-order valence-corrected chi connectivity index (χ0v) is 13.6. The minimum absolute atomic E-state index is 0.259. The average molecular weight is 271 g/mol. The van der Waals surface area contributed by atoms with Gasteiger partial charge in [-0.1, -0.05) is 27.7 Å². The first-order valence-corrected chi connectivity index (χ1v) is 7.50. The third-order valence-corrected chi connectivity index (χ3v) is 3.84. The van der Waals surface area contributed by atoms with Gasteiger partial charge >= 0.3 is 0 Å². The minimum atomic E-state index is -0.930. The predicted octanol–water partition coefficient (Wildman–Crippen LogP) is 2.11. The van der Waals surface area contributed by atoms with E-state index in [4.69, 9.17) is 11.5 Å². The van der Waals surface area contributed by atoms with Crippen molar-refractivity contribution in [1.29, 1.82) is 0 Å². The Kier molecular flexibility index (Phi) is 7.60. The lowest BCUT2D eigenvalue weighted by atomic mass is 9.91. The van der Waals surface area contributed by atoms with Crippen LogP contribution in [0, 0.1) is 5.92 Å². The van der Waals surface area contributed by atoms with Crippen molar-refractivity contribution >= 4 is 5.91 Å². The van der Waals surface area contributed by atoms with Crippen molar-refractivity contribution in [2.75, 3.05) is 6.54 Å². The summed E-state index contributed by atoms with van der Waals surface area (Å²) in [6.07, 6.45) is 2.84. The molecular weight excluding hydrogens is 238 g/mol. The number of carbonyl (C=O) groups excluding carboxylic acids is 1. The quantitative estimate of drug-likeness (QED) is 0.674. The van der Waals surface area contributed by atoms with E-state index in [9.17, 15) is 4.79 Å². The molecule has 0 bridgehead atoms. The number of amides is 1. The second kappa shape index (κ2) is 7.85. The molecule has 19 heavy (non-hydrogen) atoms. The molecule has 2 unspecified atom stereocenters. The summed E-state index contributed by atoms with van der Waals surface area (Å²) in [7, 11) is 0. The van der Waals surface area contributed by atoms with E-state index < -0.39 is 11.4 Å². The van der Waals surface area contributed by atoms with E-state index in [1.165, 1.54) is 0 Å². The van der Waals surface area contributed by atoms with Crippen LogP contribution >= 0.6 is 0 Å². The highest BCUT2D eigenvalue weighted by Gasteiger charge is 2.32. The van der Waals surface area contributed by atoms with Crippen LogP contribution in [0.2, 0.25) is 0 Å². The third kappa shape index (κ3) is 5.91. The highest BCUT2D eigenvalue weighted by atomic mass is 16.1. The summed E-state index contributed by atoms with van der Waals surface area (Å²) < 4.78 is 0. The van der Waals surface area contributed by atoms with E-state index in [1.54, 1.807) is 6.92 Å². The minimum Gasteiger partial charge on any atom is -0.368 e. The molecule has 0 spiro atoms. The summed E-state index contributed by atoms with van der Waals surface area (Å²) in [5.41, 5.74) is 10.5. The van der Waals surface area contributed by atoms with Gasteiger partial charge in [0.15, 0.2) is 0 Å². The van der Waals surface area contributed by atoms with E-state index in [1.807, 2.05) is 0 Å². The molecule has 0 saturated carbocycles. The van der Waals surface area contributed by atoms with E-state index in [2.05, 4.69) is 39.5 Å². The molecule has 0 aliphatic heterocycles. The zero-order chi connectivity index (χ0) is 15.2. The molecule has 0 aliphatic rings. The summed E-state index contributed by atoms with van der Waals surface area (Å²) in [6, 6.07) is 0.802. The highest BCUT2D eigenvalue weighted by molar-refractivity contribution is 5.83. The van der Waals surface area contributed by atoms with Gasteiger partial charge in [0.25, 0.3) is 0 Å². The highest BCUT2D eigenvalue weighted by Crippen LogP contribution is 2.20. The number of carbonyl (C=O) groups is 1. The van der Waals surface area contributed by atoms with E-state index >= 15 is 0 Å². The fourth-order valence-corrected chi connectivity index (χ4v) is 2.70. The van der Waals surface area contributed by atoms with Gasteiger partial charge < -0.3 is 11.5 Å². The van der Waals surface area contributed by atoms with Gasteiger partial charge in [-0.15, -0.1) is 0 Å². The Morgan fingerprint density at radius 1 is 1.21 bits per heavy atom. The maximum Gasteiger partial charge on any atom is 0.237 e. The average Bonchev–Trinajstić information content (AvgIpc) is 2.27. The largest absolute Gasteiger partial charge is 0.368 e. The van der Waals surface area contributed by atoms with Crippen LogP contribution in [0.15, 0.2) is 0 Å². The van der Waals surface area contributed by atoms with Crippen molar-refractivity contribution in [2.45, 2.75) is 78.4 Å². The van der Waals surface area contributed by atoms with Gasteiger partial charge in [-0.05, 0) is 39.0 Å². The van der Waals surface area contributed by atoms with Gasteiger partial charge in [0.05, 0.1) is 5.54 Å². The fraction of sp³-hybridized carbons (Fsp3) is 0.933. The first-order chi connectivity index (χ1) is 8.65. The molecule has 2 atom stereocenters. The number of hydrogen-bond acceptors (Lipinski definition) is 3. The molecular formula is C15H33N3O. The first kappa shape index (κ1) is 18.4. The topological polar surface area (TPSA) is 72.3 Å². The number of nitrogens with zero attached hydrogens (tertiary/aromatic N) is 1. The zero-order valence-electron chi connectivity index (χ0n) is 13.6. The molecule has 4 nitrogen and oxygen atoms in total. The molecule has 0 aromatic carbocycles. The fourth-order valence-electron chi connectivity index (χ4n) is 2.70. The lowest BCUT2D eigenvalue weighted by molar-refractivity contribution is -0.123. The summed E-state index contributed by atoms with van der Waals surface area (Å²) in [4.78, 5) is 13.9. The molecule has 0 aromatic heterocycles. The molecule has 0 fully saturated rings. The Balaban J connectivity index is 4.89. The van der Waals surface area contributed by atoms with Gasteiger partial charge in [0.2, 0.25) is 5.91 Å². The van der Waals surface area contributed by atoms with E-state index in [0.29, 0.717) is 18.4 Å². The van der Waals surface area contributed by atoms with Crippen LogP contribution in [0.3, 0.4) is 0 Å². The molecule has 114 valence electrons. The van der Waals surface area contributed by atoms with Crippen molar-refractivity contribution in [3.05, 3.63) is 0 Å². The molecule has 0 aliphatic carbocycles. The molecule has 4 N–H and O–H groups in total. The van der Waals surface area contributed by atoms with Crippen molar-refractivity contribution in [3.63, 3.8) is 0 Å². The van der Waals surface area contributed by atoms with E-state index in [-0.39, 0.29) is 6.04 Å². The lowest BCUT2D eigenvalue weighted by Crippen LogP contribution is -2.55. The summed E-state index contributed by atoms with van der Waals surface area (Å²) in [5, 5.41) is 0. The molecule has 0 rings (SSSR count). The molecule has 0 heterocycles. The van der Waals surface area contributed by atoms with Gasteiger partial charge in [-0.2, -0.15) is 0 Å². The SMILES string of the molecule is CCC(CC)N(CC(C)C)C(C)CC(C)(N)C(N)=O. The lowest BCUT2D eigenvalue weighted by Gasteiger charge is -2.39. The Bertz CT molecular complexity index is 273. The number of rotatable bonds is 9. The first-order valence-electron chi connectivity index (χ1n) is 7.50. The van der Waals surface area contributed by atoms with Crippen LogP contribution in [0.25, 0.3) is 0 Å². The Hall–Kier alpha value is -0.610. The van der Waals surface area contributed by atoms with E-state index in [0.717, 1.165) is 19.4 Å². The maximum absolute atomic E-state index is 11.4. The molecule has 0 radical (unpaired) electrons. The Morgan fingerprint density at radius 2 is 1.68 bits per heavy atom. The van der Waals surface area contributed by atoms with Gasteiger partial charge in [-0.25, -0.2) is 0 Å². The number of hydrogen-bond donors (Lipinski definition) is 2. The third-order valence-electron chi connectivity index (χ3n) is 3.84. The summed E-state index contributed by atoms with van der Waals surface area (Å²) in [6.45, 7) is 13.8. The Labute approximate surface area is 118 Å². The predicted molar refractivity (Wildman–Crippen MR) is 81.8 cm³/mol. The van der Waals surface area contributed by atoms with Crippen LogP contribution in [0.1, 0.15) is 60.8 Å². The van der Waals surface area contributed by atoms with Crippen molar-refractivity contribution < 1.29 is 4.79 Å². The molecule has 0 saturated heterocycles. The number of nitrogens with two attached hydrogens (primary N) is 2. The Morgan fingerprint density at radius 3 is 2.00 bits per heavy atom. The van der Waals surface area contributed by atoms with Gasteiger partial charge in [0.1, 0.15) is 0 Å². The summed E-state index contributed by atoms with van der Waals surface area (Å²) >= 11 is 0. The smallest absolute Gasteiger partial charge is 0.237 e. The van der Waals surface area contributed by atoms with Crippen LogP contribution < -0.4 is 11.5 Å². The second-order valence-electron chi connectivity index (χ2n) is 6.40. The monoisotopic (exact) mass is 271 g/mol. The standard InChI is InChI=1S/C15H33N3O/c1-7-13(8-2)18(10-11(3)4)12(5)9-15(6,17)14(16)19/h11-13H,7-10,17H2,1-6H3,(H2,16,19). The summed E-state index contributed by atoms with van der Waals surface area (Å²) in [5.74, 6) is 0.175. The molecule has 1 amide bonds. The molecule has 4 heteroatoms. The van der Waals surface area contributed by atoms with Gasteiger partial charge in [-0.3, -0.25) is 9.69 Å².